The summed E-state index contributed by atoms with van der Waals surface area (Å²) in [5.41, 5.74) is 0. The van der Waals surface area contributed by atoms with Crippen molar-refractivity contribution in [3.8, 4) is 0 Å². The molecular weight excluding hydrogens is 216 g/mol. The Labute approximate surface area is 103 Å². The van der Waals surface area contributed by atoms with Gasteiger partial charge in [0, 0.05) is 38.6 Å². The van der Waals surface area contributed by atoms with Crippen LogP contribution in [0.1, 0.15) is 13.3 Å². The second-order valence-corrected chi connectivity index (χ2v) is 4.58. The summed E-state index contributed by atoms with van der Waals surface area (Å²) in [4.78, 5) is 6.62. The molecule has 1 aromatic rings. The van der Waals surface area contributed by atoms with Crippen LogP contribution in [-0.2, 0) is 11.3 Å². The number of ether oxygens (including phenoxy) is 1. The van der Waals surface area contributed by atoms with Gasteiger partial charge in [-0.25, -0.2) is 4.98 Å². The molecule has 5 heteroatoms. The first-order valence-electron chi connectivity index (χ1n) is 6.34. The highest BCUT2D eigenvalue weighted by Crippen LogP contribution is 2.08. The molecule has 1 unspecified atom stereocenters. The summed E-state index contributed by atoms with van der Waals surface area (Å²) in [6.07, 6.45) is 5.24. The number of anilines is 1. The first-order chi connectivity index (χ1) is 8.29. The lowest BCUT2D eigenvalue weighted by molar-refractivity contribution is -0.0118. The van der Waals surface area contributed by atoms with Crippen LogP contribution in [0.15, 0.2) is 12.4 Å². The minimum absolute atomic E-state index is 0.264. The predicted molar refractivity (Wildman–Crippen MR) is 68.2 cm³/mol. The molecule has 0 spiro atoms. The van der Waals surface area contributed by atoms with Gasteiger partial charge in [-0.05, 0) is 13.5 Å². The largest absolute Gasteiger partial charge is 0.374 e. The topological polar surface area (TPSA) is 42.3 Å². The van der Waals surface area contributed by atoms with Crippen molar-refractivity contribution in [2.24, 2.45) is 0 Å². The Hall–Kier alpha value is -1.07. The van der Waals surface area contributed by atoms with Gasteiger partial charge in [0.15, 0.2) is 0 Å². The van der Waals surface area contributed by atoms with Crippen molar-refractivity contribution in [3.63, 3.8) is 0 Å². The van der Waals surface area contributed by atoms with E-state index in [1.54, 1.807) is 0 Å². The van der Waals surface area contributed by atoms with Gasteiger partial charge in [0.05, 0.1) is 12.7 Å². The van der Waals surface area contributed by atoms with Gasteiger partial charge in [-0.2, -0.15) is 0 Å². The van der Waals surface area contributed by atoms with Crippen LogP contribution in [0.4, 0.5) is 5.95 Å². The molecule has 1 atom stereocenters. The van der Waals surface area contributed by atoms with E-state index < -0.39 is 0 Å². The zero-order valence-corrected chi connectivity index (χ0v) is 10.7. The Balaban J connectivity index is 1.82. The Morgan fingerprint density at radius 2 is 2.47 bits per heavy atom. The summed E-state index contributed by atoms with van der Waals surface area (Å²) >= 11 is 0. The predicted octanol–water partition coefficient (Wildman–Crippen LogP) is 1.04. The molecule has 0 radical (unpaired) electrons. The zero-order valence-electron chi connectivity index (χ0n) is 10.7. The van der Waals surface area contributed by atoms with Crippen molar-refractivity contribution in [3.05, 3.63) is 12.4 Å². The van der Waals surface area contributed by atoms with E-state index in [1.807, 2.05) is 12.4 Å². The zero-order chi connectivity index (χ0) is 12.1. The number of hydrogen-bond acceptors (Lipinski definition) is 4. The molecule has 0 aromatic carbocycles. The lowest BCUT2D eigenvalue weighted by Gasteiger charge is -2.30. The minimum atomic E-state index is 0.264. The van der Waals surface area contributed by atoms with Crippen LogP contribution < -0.4 is 5.32 Å². The van der Waals surface area contributed by atoms with Crippen molar-refractivity contribution in [2.45, 2.75) is 26.0 Å². The molecule has 17 heavy (non-hydrogen) atoms. The number of nitrogens with one attached hydrogen (secondary N) is 1. The Bertz CT molecular complexity index is 339. The van der Waals surface area contributed by atoms with Gasteiger partial charge in [-0.15, -0.1) is 0 Å². The molecule has 0 saturated carbocycles. The number of nitrogens with zero attached hydrogens (tertiary/aromatic N) is 3. The number of likely N-dealkylation sites (N-methyl/N-ethyl adjacent to an activating group) is 1. The van der Waals surface area contributed by atoms with E-state index in [0.29, 0.717) is 0 Å². The van der Waals surface area contributed by atoms with Crippen molar-refractivity contribution >= 4 is 5.95 Å². The highest BCUT2D eigenvalue weighted by Gasteiger charge is 2.17. The molecule has 1 aromatic heterocycles. The summed E-state index contributed by atoms with van der Waals surface area (Å²) in [5, 5.41) is 3.37. The third-order valence-electron chi connectivity index (χ3n) is 3.01. The third-order valence-corrected chi connectivity index (χ3v) is 3.01. The molecule has 0 bridgehead atoms. The number of hydrogen-bond donors (Lipinski definition) is 1. The quantitative estimate of drug-likeness (QED) is 0.832. The highest BCUT2D eigenvalue weighted by atomic mass is 16.5. The molecule has 2 heterocycles. The van der Waals surface area contributed by atoms with Gasteiger partial charge >= 0.3 is 0 Å². The average molecular weight is 238 g/mol. The molecule has 1 aliphatic heterocycles. The van der Waals surface area contributed by atoms with E-state index in [0.717, 1.165) is 45.2 Å². The monoisotopic (exact) mass is 238 g/mol. The molecule has 1 N–H and O–H groups in total. The number of imidazole rings is 1. The maximum atomic E-state index is 5.71. The summed E-state index contributed by atoms with van der Waals surface area (Å²) < 4.78 is 7.85. The summed E-state index contributed by atoms with van der Waals surface area (Å²) in [6, 6.07) is 0. The van der Waals surface area contributed by atoms with E-state index in [4.69, 9.17) is 4.74 Å². The molecule has 1 fully saturated rings. The Kier molecular flexibility index (Phi) is 4.39. The summed E-state index contributed by atoms with van der Waals surface area (Å²) in [7, 11) is 2.13. The van der Waals surface area contributed by atoms with E-state index in [2.05, 4.69) is 33.7 Å². The van der Waals surface area contributed by atoms with E-state index in [9.17, 15) is 0 Å². The fourth-order valence-corrected chi connectivity index (χ4v) is 2.09. The van der Waals surface area contributed by atoms with Crippen molar-refractivity contribution < 1.29 is 4.74 Å². The second-order valence-electron chi connectivity index (χ2n) is 4.58. The SMILES string of the molecule is CCCn1ccnc1NCC1CN(C)CCO1. The minimum Gasteiger partial charge on any atom is -0.374 e. The lowest BCUT2D eigenvalue weighted by Crippen LogP contribution is -2.43. The summed E-state index contributed by atoms with van der Waals surface area (Å²) in [6.45, 7) is 6.84. The van der Waals surface area contributed by atoms with E-state index >= 15 is 0 Å². The molecule has 2 rings (SSSR count). The maximum Gasteiger partial charge on any atom is 0.202 e. The number of aromatic nitrogens is 2. The van der Waals surface area contributed by atoms with Crippen LogP contribution in [0.5, 0.6) is 0 Å². The van der Waals surface area contributed by atoms with E-state index in [-0.39, 0.29) is 6.10 Å². The first kappa shape index (κ1) is 12.4. The van der Waals surface area contributed by atoms with Crippen molar-refractivity contribution in [1.29, 1.82) is 0 Å². The molecule has 1 aliphatic rings. The molecule has 96 valence electrons. The van der Waals surface area contributed by atoms with Gasteiger partial charge in [-0.1, -0.05) is 6.92 Å². The summed E-state index contributed by atoms with van der Waals surface area (Å²) in [5.74, 6) is 0.948. The van der Waals surface area contributed by atoms with Gasteiger partial charge in [0.2, 0.25) is 5.95 Å². The molecule has 5 nitrogen and oxygen atoms in total. The molecule has 0 amide bonds. The number of rotatable bonds is 5. The number of aryl methyl sites for hydroxylation is 1. The Morgan fingerprint density at radius 3 is 3.24 bits per heavy atom. The normalized spacial score (nSPS) is 21.6. The number of morpholine rings is 1. The maximum absolute atomic E-state index is 5.71. The van der Waals surface area contributed by atoms with Crippen LogP contribution in [0.2, 0.25) is 0 Å². The van der Waals surface area contributed by atoms with Crippen LogP contribution in [0.3, 0.4) is 0 Å². The Morgan fingerprint density at radius 1 is 1.59 bits per heavy atom. The standard InChI is InChI=1S/C12H22N4O/c1-3-5-16-6-4-13-12(16)14-9-11-10-15(2)7-8-17-11/h4,6,11H,3,5,7-10H2,1-2H3,(H,13,14). The van der Waals surface area contributed by atoms with E-state index in [1.165, 1.54) is 0 Å². The third kappa shape index (κ3) is 3.44. The molecule has 1 saturated heterocycles. The van der Waals surface area contributed by atoms with Crippen LogP contribution in [0.25, 0.3) is 0 Å². The fraction of sp³-hybridized carbons (Fsp3) is 0.750. The second kappa shape index (κ2) is 6.02. The lowest BCUT2D eigenvalue weighted by atomic mass is 10.3. The van der Waals surface area contributed by atoms with Gasteiger partial charge in [-0.3, -0.25) is 0 Å². The van der Waals surface area contributed by atoms with Crippen molar-refractivity contribution in [2.75, 3.05) is 38.6 Å². The fourth-order valence-electron chi connectivity index (χ4n) is 2.09. The van der Waals surface area contributed by atoms with Crippen LogP contribution in [-0.4, -0.2) is 53.8 Å². The highest BCUT2D eigenvalue weighted by molar-refractivity contribution is 5.25. The molecular formula is C12H22N4O. The van der Waals surface area contributed by atoms with Gasteiger partial charge < -0.3 is 19.5 Å². The smallest absolute Gasteiger partial charge is 0.202 e. The molecule has 0 aliphatic carbocycles. The first-order valence-corrected chi connectivity index (χ1v) is 6.34. The van der Waals surface area contributed by atoms with Gasteiger partial charge in [0.25, 0.3) is 0 Å². The van der Waals surface area contributed by atoms with Gasteiger partial charge in [0.1, 0.15) is 0 Å². The van der Waals surface area contributed by atoms with Crippen molar-refractivity contribution in [1.82, 2.24) is 14.5 Å². The van der Waals surface area contributed by atoms with Crippen LogP contribution in [0, 0.1) is 0 Å². The average Bonchev–Trinajstić information content (AvgIpc) is 2.75. The van der Waals surface area contributed by atoms with Crippen LogP contribution >= 0.6 is 0 Å².